The molecule has 20 heavy (non-hydrogen) atoms. The van der Waals surface area contributed by atoms with Gasteiger partial charge in [-0.3, -0.25) is 14.3 Å². The summed E-state index contributed by atoms with van der Waals surface area (Å²) in [4.78, 5) is 25.6. The first-order valence-electron chi connectivity index (χ1n) is 6.72. The second kappa shape index (κ2) is 6.51. The molecule has 2 amide bonds. The van der Waals surface area contributed by atoms with E-state index in [4.69, 9.17) is 4.74 Å². The molecule has 0 spiro atoms. The Kier molecular flexibility index (Phi) is 4.73. The SMILES string of the molecule is Cc1cc(C(=O)NCCC(=O)N2CCOCC2)n(C)n1. The zero-order valence-electron chi connectivity index (χ0n) is 11.9. The predicted octanol–water partition coefficient (Wildman–Crippen LogP) is -0.293. The molecule has 0 aromatic carbocycles. The smallest absolute Gasteiger partial charge is 0.269 e. The number of amides is 2. The van der Waals surface area contributed by atoms with Crippen molar-refractivity contribution in [3.05, 3.63) is 17.5 Å². The number of nitrogens with one attached hydrogen (secondary N) is 1. The maximum atomic E-state index is 11.9. The van der Waals surface area contributed by atoms with Crippen LogP contribution in [-0.4, -0.2) is 59.3 Å². The van der Waals surface area contributed by atoms with Gasteiger partial charge in [0.05, 0.1) is 18.9 Å². The van der Waals surface area contributed by atoms with Gasteiger partial charge in [0.15, 0.2) is 0 Å². The van der Waals surface area contributed by atoms with Crippen molar-refractivity contribution in [2.75, 3.05) is 32.8 Å². The lowest BCUT2D eigenvalue weighted by Crippen LogP contribution is -2.42. The third kappa shape index (κ3) is 3.57. The van der Waals surface area contributed by atoms with Crippen molar-refractivity contribution in [3.8, 4) is 0 Å². The van der Waals surface area contributed by atoms with E-state index in [9.17, 15) is 9.59 Å². The first kappa shape index (κ1) is 14.5. The summed E-state index contributed by atoms with van der Waals surface area (Å²) in [6.45, 7) is 4.61. The number of morpholine rings is 1. The molecule has 2 rings (SSSR count). The van der Waals surface area contributed by atoms with Gasteiger partial charge in [-0.05, 0) is 13.0 Å². The minimum absolute atomic E-state index is 0.0507. The fourth-order valence-corrected chi connectivity index (χ4v) is 2.17. The van der Waals surface area contributed by atoms with Crippen molar-refractivity contribution >= 4 is 11.8 Å². The van der Waals surface area contributed by atoms with Gasteiger partial charge in [0.1, 0.15) is 5.69 Å². The quantitative estimate of drug-likeness (QED) is 0.822. The first-order valence-corrected chi connectivity index (χ1v) is 6.72. The molecule has 1 aliphatic heterocycles. The molecule has 0 unspecified atom stereocenters. The second-order valence-electron chi connectivity index (χ2n) is 4.79. The summed E-state index contributed by atoms with van der Waals surface area (Å²) in [6, 6.07) is 1.72. The molecule has 0 bridgehead atoms. The molecule has 1 N–H and O–H groups in total. The number of ether oxygens (including phenoxy) is 1. The fraction of sp³-hybridized carbons (Fsp3) is 0.615. The van der Waals surface area contributed by atoms with Crippen molar-refractivity contribution in [1.29, 1.82) is 0 Å². The van der Waals surface area contributed by atoms with E-state index < -0.39 is 0 Å². The molecule has 1 aromatic rings. The Morgan fingerprint density at radius 2 is 2.10 bits per heavy atom. The van der Waals surface area contributed by atoms with E-state index in [-0.39, 0.29) is 11.8 Å². The van der Waals surface area contributed by atoms with Crippen LogP contribution < -0.4 is 5.32 Å². The molecule has 0 atom stereocenters. The van der Waals surface area contributed by atoms with Gasteiger partial charge >= 0.3 is 0 Å². The Morgan fingerprint density at radius 3 is 2.70 bits per heavy atom. The summed E-state index contributed by atoms with van der Waals surface area (Å²) < 4.78 is 6.73. The zero-order valence-corrected chi connectivity index (χ0v) is 11.9. The number of carbonyl (C=O) groups excluding carboxylic acids is 2. The number of hydrogen-bond acceptors (Lipinski definition) is 4. The molecule has 0 saturated carbocycles. The average Bonchev–Trinajstić information content (AvgIpc) is 2.78. The highest BCUT2D eigenvalue weighted by Gasteiger charge is 2.17. The molecule has 1 aliphatic rings. The van der Waals surface area contributed by atoms with E-state index in [1.807, 2.05) is 6.92 Å². The van der Waals surface area contributed by atoms with E-state index >= 15 is 0 Å². The van der Waals surface area contributed by atoms with Crippen LogP contribution in [0.2, 0.25) is 0 Å². The summed E-state index contributed by atoms with van der Waals surface area (Å²) in [6.07, 6.45) is 0.308. The Hall–Kier alpha value is -1.89. The Labute approximate surface area is 117 Å². The van der Waals surface area contributed by atoms with Crippen molar-refractivity contribution in [2.24, 2.45) is 7.05 Å². The third-order valence-corrected chi connectivity index (χ3v) is 3.22. The van der Waals surface area contributed by atoms with Gasteiger partial charge in [-0.1, -0.05) is 0 Å². The van der Waals surface area contributed by atoms with Gasteiger partial charge < -0.3 is 15.0 Å². The zero-order chi connectivity index (χ0) is 14.5. The lowest BCUT2D eigenvalue weighted by atomic mass is 10.3. The highest BCUT2D eigenvalue weighted by Crippen LogP contribution is 2.02. The molecule has 7 nitrogen and oxygen atoms in total. The Bertz CT molecular complexity index is 492. The van der Waals surface area contributed by atoms with E-state index in [1.165, 1.54) is 4.68 Å². The fourth-order valence-electron chi connectivity index (χ4n) is 2.17. The van der Waals surface area contributed by atoms with E-state index in [2.05, 4.69) is 10.4 Å². The number of carbonyl (C=O) groups is 2. The molecular formula is C13H20N4O3. The Balaban J connectivity index is 1.76. The lowest BCUT2D eigenvalue weighted by Gasteiger charge is -2.26. The molecule has 0 aliphatic carbocycles. The molecule has 1 aromatic heterocycles. The summed E-state index contributed by atoms with van der Waals surface area (Å²) in [5, 5.41) is 6.86. The number of rotatable bonds is 4. The molecular weight excluding hydrogens is 260 g/mol. The van der Waals surface area contributed by atoms with Gasteiger partial charge in [0.2, 0.25) is 5.91 Å². The molecule has 2 heterocycles. The summed E-state index contributed by atoms with van der Waals surface area (Å²) in [7, 11) is 1.72. The van der Waals surface area contributed by atoms with Crippen LogP contribution in [0.3, 0.4) is 0 Å². The maximum absolute atomic E-state index is 11.9. The molecule has 7 heteroatoms. The van der Waals surface area contributed by atoms with E-state index in [1.54, 1.807) is 18.0 Å². The molecule has 1 fully saturated rings. The van der Waals surface area contributed by atoms with Crippen LogP contribution in [0.15, 0.2) is 6.07 Å². The molecule has 0 radical (unpaired) electrons. The third-order valence-electron chi connectivity index (χ3n) is 3.22. The van der Waals surface area contributed by atoms with Gasteiger partial charge in [-0.15, -0.1) is 0 Å². The minimum Gasteiger partial charge on any atom is -0.378 e. The number of hydrogen-bond donors (Lipinski definition) is 1. The van der Waals surface area contributed by atoms with Gasteiger partial charge in [-0.25, -0.2) is 0 Å². The summed E-state index contributed by atoms with van der Waals surface area (Å²) in [5.74, 6) is -0.155. The van der Waals surface area contributed by atoms with Crippen molar-refractivity contribution in [1.82, 2.24) is 20.0 Å². The second-order valence-corrected chi connectivity index (χ2v) is 4.79. The lowest BCUT2D eigenvalue weighted by molar-refractivity contribution is -0.135. The molecule has 110 valence electrons. The first-order chi connectivity index (χ1) is 9.58. The highest BCUT2D eigenvalue weighted by atomic mass is 16.5. The van der Waals surface area contributed by atoms with Crippen LogP contribution in [0, 0.1) is 6.92 Å². The van der Waals surface area contributed by atoms with Crippen LogP contribution in [0.5, 0.6) is 0 Å². The Morgan fingerprint density at radius 1 is 1.40 bits per heavy atom. The average molecular weight is 280 g/mol. The summed E-state index contributed by atoms with van der Waals surface area (Å²) >= 11 is 0. The van der Waals surface area contributed by atoms with E-state index in [0.29, 0.717) is 45.0 Å². The van der Waals surface area contributed by atoms with Crippen molar-refractivity contribution in [3.63, 3.8) is 0 Å². The monoisotopic (exact) mass is 280 g/mol. The van der Waals surface area contributed by atoms with Crippen LogP contribution in [-0.2, 0) is 16.6 Å². The van der Waals surface area contributed by atoms with Crippen LogP contribution in [0.25, 0.3) is 0 Å². The minimum atomic E-state index is -0.206. The van der Waals surface area contributed by atoms with Crippen molar-refractivity contribution < 1.29 is 14.3 Å². The predicted molar refractivity (Wildman–Crippen MR) is 72.3 cm³/mol. The highest BCUT2D eigenvalue weighted by molar-refractivity contribution is 5.92. The normalized spacial score (nSPS) is 15.2. The van der Waals surface area contributed by atoms with Crippen LogP contribution >= 0.6 is 0 Å². The largest absolute Gasteiger partial charge is 0.378 e. The van der Waals surface area contributed by atoms with Crippen molar-refractivity contribution in [2.45, 2.75) is 13.3 Å². The van der Waals surface area contributed by atoms with E-state index in [0.717, 1.165) is 5.69 Å². The number of aryl methyl sites for hydroxylation is 2. The van der Waals surface area contributed by atoms with Gasteiger partial charge in [0.25, 0.3) is 5.91 Å². The van der Waals surface area contributed by atoms with Crippen LogP contribution in [0.1, 0.15) is 22.6 Å². The topological polar surface area (TPSA) is 76.5 Å². The van der Waals surface area contributed by atoms with Gasteiger partial charge in [0, 0.05) is 33.1 Å². The van der Waals surface area contributed by atoms with Gasteiger partial charge in [-0.2, -0.15) is 5.10 Å². The number of aromatic nitrogens is 2. The number of nitrogens with zero attached hydrogens (tertiary/aromatic N) is 3. The summed E-state index contributed by atoms with van der Waals surface area (Å²) in [5.41, 5.74) is 1.29. The van der Waals surface area contributed by atoms with Crippen LogP contribution in [0.4, 0.5) is 0 Å². The maximum Gasteiger partial charge on any atom is 0.269 e. The standard InChI is InChI=1S/C13H20N4O3/c1-10-9-11(16(2)15-10)13(19)14-4-3-12(18)17-5-7-20-8-6-17/h9H,3-8H2,1-2H3,(H,14,19). The molecule has 1 saturated heterocycles.